The molecule has 0 bridgehead atoms. The van der Waals surface area contributed by atoms with Crippen LogP contribution in [-0.4, -0.2) is 16.1 Å². The van der Waals surface area contributed by atoms with Crippen LogP contribution in [0.2, 0.25) is 0 Å². The van der Waals surface area contributed by atoms with Crippen molar-refractivity contribution in [2.75, 3.05) is 4.90 Å². The zero-order valence-electron chi connectivity index (χ0n) is 16.8. The molecule has 0 spiro atoms. The SMILES string of the molecule is CC(C)Cc1nnc(N2C(=O)c3oc4ccc(F)cc4c(=O)c3[C@@H]2c2ccccc2)s1. The minimum atomic E-state index is -0.729. The van der Waals surface area contributed by atoms with Crippen molar-refractivity contribution in [3.63, 3.8) is 0 Å². The average Bonchev–Trinajstić information content (AvgIpc) is 3.31. The number of nitrogens with zero attached hydrogens (tertiary/aromatic N) is 3. The van der Waals surface area contributed by atoms with Gasteiger partial charge >= 0.3 is 0 Å². The van der Waals surface area contributed by atoms with E-state index in [1.54, 1.807) is 0 Å². The van der Waals surface area contributed by atoms with Crippen molar-refractivity contribution in [1.82, 2.24) is 10.2 Å². The highest BCUT2D eigenvalue weighted by molar-refractivity contribution is 7.15. The van der Waals surface area contributed by atoms with E-state index in [1.807, 2.05) is 30.3 Å². The van der Waals surface area contributed by atoms with Gasteiger partial charge in [-0.05, 0) is 29.7 Å². The minimum Gasteiger partial charge on any atom is -0.450 e. The summed E-state index contributed by atoms with van der Waals surface area (Å²) in [4.78, 5) is 28.3. The first-order chi connectivity index (χ1) is 14.9. The van der Waals surface area contributed by atoms with Crippen LogP contribution in [0.3, 0.4) is 0 Å². The number of anilines is 1. The van der Waals surface area contributed by atoms with Gasteiger partial charge in [0.2, 0.25) is 10.9 Å². The van der Waals surface area contributed by atoms with Gasteiger partial charge in [-0.15, -0.1) is 10.2 Å². The summed E-state index contributed by atoms with van der Waals surface area (Å²) in [6.07, 6.45) is 0.739. The predicted octanol–water partition coefficient (Wildman–Crippen LogP) is 4.73. The standard InChI is InChI=1S/C23H18FN3O3S/c1-12(2)10-17-25-26-23(31-17)27-19(13-6-4-3-5-7-13)18-20(28)15-11-14(24)8-9-16(15)30-21(18)22(27)29/h3-9,11-12,19H,10H2,1-2H3/t19-/m0/s1. The maximum Gasteiger partial charge on any atom is 0.297 e. The van der Waals surface area contributed by atoms with E-state index in [9.17, 15) is 14.0 Å². The maximum absolute atomic E-state index is 13.8. The van der Waals surface area contributed by atoms with Crippen LogP contribution in [0.4, 0.5) is 9.52 Å². The number of benzene rings is 2. The third-order valence-corrected chi connectivity index (χ3v) is 6.14. The number of aromatic nitrogens is 2. The number of hydrogen-bond acceptors (Lipinski definition) is 6. The summed E-state index contributed by atoms with van der Waals surface area (Å²) in [5, 5.41) is 9.79. The molecule has 31 heavy (non-hydrogen) atoms. The van der Waals surface area contributed by atoms with Crippen LogP contribution in [0.25, 0.3) is 11.0 Å². The number of rotatable bonds is 4. The van der Waals surface area contributed by atoms with Gasteiger partial charge in [0, 0.05) is 6.42 Å². The summed E-state index contributed by atoms with van der Waals surface area (Å²) in [5.74, 6) is -0.654. The van der Waals surface area contributed by atoms with Crippen molar-refractivity contribution in [2.45, 2.75) is 26.3 Å². The minimum absolute atomic E-state index is 0.0430. The fourth-order valence-electron chi connectivity index (χ4n) is 3.87. The number of carbonyl (C=O) groups is 1. The van der Waals surface area contributed by atoms with Crippen molar-refractivity contribution in [3.05, 3.63) is 86.5 Å². The molecule has 8 heteroatoms. The van der Waals surface area contributed by atoms with Gasteiger partial charge in [0.1, 0.15) is 16.4 Å². The van der Waals surface area contributed by atoms with Crippen molar-refractivity contribution in [1.29, 1.82) is 0 Å². The lowest BCUT2D eigenvalue weighted by molar-refractivity contribution is 0.0970. The molecule has 0 unspecified atom stereocenters. The summed E-state index contributed by atoms with van der Waals surface area (Å²) in [5.41, 5.74) is 0.672. The van der Waals surface area contributed by atoms with Crippen molar-refractivity contribution in [2.24, 2.45) is 5.92 Å². The van der Waals surface area contributed by atoms with Gasteiger partial charge in [0.25, 0.3) is 5.91 Å². The highest BCUT2D eigenvalue weighted by atomic mass is 32.1. The van der Waals surface area contributed by atoms with Gasteiger partial charge in [-0.1, -0.05) is 55.5 Å². The maximum atomic E-state index is 13.8. The van der Waals surface area contributed by atoms with Gasteiger partial charge in [-0.25, -0.2) is 4.39 Å². The lowest BCUT2D eigenvalue weighted by Crippen LogP contribution is -2.29. The Hall–Kier alpha value is -3.39. The molecular formula is C23H18FN3O3S. The number of fused-ring (bicyclic) bond motifs is 2. The van der Waals surface area contributed by atoms with Crippen LogP contribution in [0.1, 0.15) is 46.6 Å². The normalized spacial score (nSPS) is 15.8. The first-order valence-electron chi connectivity index (χ1n) is 9.91. The van der Waals surface area contributed by atoms with Crippen LogP contribution in [0.5, 0.6) is 0 Å². The molecule has 1 aliphatic rings. The van der Waals surface area contributed by atoms with E-state index in [2.05, 4.69) is 24.0 Å². The smallest absolute Gasteiger partial charge is 0.297 e. The van der Waals surface area contributed by atoms with Crippen LogP contribution in [0, 0.1) is 11.7 Å². The average molecular weight is 435 g/mol. The molecule has 0 radical (unpaired) electrons. The van der Waals surface area contributed by atoms with Crippen molar-refractivity contribution < 1.29 is 13.6 Å². The first kappa shape index (κ1) is 19.6. The molecule has 6 nitrogen and oxygen atoms in total. The second-order valence-corrected chi connectivity index (χ2v) is 8.92. The van der Waals surface area contributed by atoms with Gasteiger partial charge in [0.15, 0.2) is 5.43 Å². The lowest BCUT2D eigenvalue weighted by Gasteiger charge is -2.21. The Morgan fingerprint density at radius 1 is 1.13 bits per heavy atom. The molecular weight excluding hydrogens is 417 g/mol. The number of hydrogen-bond donors (Lipinski definition) is 0. The van der Waals surface area contributed by atoms with E-state index >= 15 is 0 Å². The molecule has 0 saturated carbocycles. The zero-order chi connectivity index (χ0) is 21.7. The lowest BCUT2D eigenvalue weighted by atomic mass is 9.99. The third kappa shape index (κ3) is 3.23. The van der Waals surface area contributed by atoms with E-state index in [1.165, 1.54) is 28.4 Å². The Labute approximate surface area is 181 Å². The highest BCUT2D eigenvalue weighted by Crippen LogP contribution is 2.42. The quantitative estimate of drug-likeness (QED) is 0.463. The molecule has 1 atom stereocenters. The number of halogens is 1. The fourth-order valence-corrected chi connectivity index (χ4v) is 4.94. The monoisotopic (exact) mass is 435 g/mol. The topological polar surface area (TPSA) is 76.3 Å². The summed E-state index contributed by atoms with van der Waals surface area (Å²) in [7, 11) is 0. The largest absolute Gasteiger partial charge is 0.450 e. The number of amides is 1. The molecule has 156 valence electrons. The summed E-state index contributed by atoms with van der Waals surface area (Å²) in [6.45, 7) is 4.16. The fraction of sp³-hybridized carbons (Fsp3) is 0.217. The molecule has 1 amide bonds. The van der Waals surface area contributed by atoms with E-state index < -0.39 is 23.2 Å². The summed E-state index contributed by atoms with van der Waals surface area (Å²) < 4.78 is 19.7. The first-order valence-corrected chi connectivity index (χ1v) is 10.7. The van der Waals surface area contributed by atoms with Crippen LogP contribution in [0.15, 0.2) is 57.7 Å². The molecule has 0 aliphatic carbocycles. The molecule has 5 rings (SSSR count). The second kappa shape index (κ2) is 7.39. The van der Waals surface area contributed by atoms with Gasteiger partial charge in [-0.3, -0.25) is 14.5 Å². The molecule has 3 heterocycles. The molecule has 0 saturated heterocycles. The van der Waals surface area contributed by atoms with E-state index in [-0.39, 0.29) is 22.3 Å². The summed E-state index contributed by atoms with van der Waals surface area (Å²) in [6, 6.07) is 12.2. The van der Waals surface area contributed by atoms with Gasteiger partial charge in [0.05, 0.1) is 17.0 Å². The van der Waals surface area contributed by atoms with Crippen LogP contribution < -0.4 is 10.3 Å². The third-order valence-electron chi connectivity index (χ3n) is 5.19. The van der Waals surface area contributed by atoms with E-state index in [4.69, 9.17) is 4.42 Å². The van der Waals surface area contributed by atoms with Crippen molar-refractivity contribution in [3.8, 4) is 0 Å². The molecule has 1 aliphatic heterocycles. The van der Waals surface area contributed by atoms with Crippen LogP contribution in [-0.2, 0) is 6.42 Å². The second-order valence-electron chi connectivity index (χ2n) is 7.88. The van der Waals surface area contributed by atoms with Crippen molar-refractivity contribution >= 4 is 33.3 Å². The Morgan fingerprint density at radius 3 is 2.65 bits per heavy atom. The molecule has 0 fully saturated rings. The van der Waals surface area contributed by atoms with E-state index in [0.29, 0.717) is 11.0 Å². The molecule has 2 aromatic heterocycles. The van der Waals surface area contributed by atoms with Gasteiger partial charge < -0.3 is 4.42 Å². The predicted molar refractivity (Wildman–Crippen MR) is 116 cm³/mol. The Kier molecular flexibility index (Phi) is 4.66. The van der Waals surface area contributed by atoms with Crippen LogP contribution >= 0.6 is 11.3 Å². The Morgan fingerprint density at radius 2 is 1.90 bits per heavy atom. The summed E-state index contributed by atoms with van der Waals surface area (Å²) >= 11 is 1.32. The zero-order valence-corrected chi connectivity index (χ0v) is 17.6. The number of carbonyl (C=O) groups excluding carboxylic acids is 1. The van der Waals surface area contributed by atoms with Gasteiger partial charge in [-0.2, -0.15) is 0 Å². The highest BCUT2D eigenvalue weighted by Gasteiger charge is 2.45. The Bertz CT molecular complexity index is 1360. The molecule has 4 aromatic rings. The molecule has 2 aromatic carbocycles. The Balaban J connectivity index is 1.74. The van der Waals surface area contributed by atoms with E-state index in [0.717, 1.165) is 23.1 Å². The molecule has 0 N–H and O–H groups in total.